The lowest BCUT2D eigenvalue weighted by Crippen LogP contribution is -2.73. The van der Waals surface area contributed by atoms with Crippen LogP contribution in [0.15, 0.2) is 0 Å². The van der Waals surface area contributed by atoms with Gasteiger partial charge in [-0.3, -0.25) is 24.2 Å². The summed E-state index contributed by atoms with van der Waals surface area (Å²) in [6, 6.07) is 0. The van der Waals surface area contributed by atoms with Gasteiger partial charge in [0.15, 0.2) is 0 Å². The molecule has 14 heteroatoms. The fraction of sp³-hybridized carbons (Fsp3) is 0.959. The van der Waals surface area contributed by atoms with Crippen molar-refractivity contribution in [3.63, 3.8) is 0 Å². The molecule has 15 unspecified atom stereocenters. The molecule has 0 aromatic carbocycles. The molecule has 0 saturated heterocycles. The lowest BCUT2D eigenvalue weighted by Gasteiger charge is -2.77. The zero-order chi connectivity index (χ0) is 88.2. The molecule has 0 amide bonds. The van der Waals surface area contributed by atoms with Crippen LogP contribution in [-0.2, 0) is 67.2 Å². The number of rotatable bonds is 23. The third-order valence-corrected chi connectivity index (χ3v) is 47.4. The van der Waals surface area contributed by atoms with Gasteiger partial charge in [0, 0.05) is 16.7 Å². The van der Waals surface area contributed by atoms with E-state index < -0.39 is 23.4 Å². The number of hydrogen-bond acceptors (Lipinski definition) is 14. The van der Waals surface area contributed by atoms with Crippen molar-refractivity contribution in [3.8, 4) is 0 Å². The zero-order valence-electron chi connectivity index (χ0n) is 82.2. The Morgan fingerprint density at radius 3 is 0.911 bits per heavy atom. The predicted octanol–water partition coefficient (Wildman–Crippen LogP) is 31.4. The maximum absolute atomic E-state index is 13.0. The third kappa shape index (κ3) is 17.0. The number of carbonyl (C=O) groups excluding carboxylic acids is 5. The monoisotopic (exact) mass is 1890 g/mol. The molecular formula is C121H212O14. The van der Waals surface area contributed by atoms with Crippen molar-refractivity contribution in [1.82, 2.24) is 0 Å². The largest absolute Gasteiger partial charge is 0.459 e. The Kier molecular flexibility index (Phi) is 31.9. The smallest absolute Gasteiger partial charge is 0.347 e. The van der Waals surface area contributed by atoms with Crippen molar-refractivity contribution >= 4 is 29.8 Å². The van der Waals surface area contributed by atoms with Crippen molar-refractivity contribution < 1.29 is 67.2 Å². The van der Waals surface area contributed by atoms with Gasteiger partial charge in [0.2, 0.25) is 12.6 Å². The van der Waals surface area contributed by atoms with Gasteiger partial charge in [-0.2, -0.15) is 9.78 Å². The Balaban J connectivity index is 0.000000159. The second-order valence-electron chi connectivity index (χ2n) is 54.9. The molecule has 14 nitrogen and oxygen atoms in total. The first-order valence-corrected chi connectivity index (χ1v) is 53.7. The predicted molar refractivity (Wildman–Crippen MR) is 548 cm³/mol. The minimum atomic E-state index is -0.516. The molecule has 0 aromatic rings. The van der Waals surface area contributed by atoms with E-state index in [4.69, 9.17) is 43.2 Å². The first-order chi connectivity index (χ1) is 58.9. The standard InChI is InChI=1S/2C23H36O2.2C22H34O4.C21H32O2.10CH4/c1-6-21(2,3)20(24)25-22(4,5)23-12-14-8-16-15-7-13(10-18(16)23)11-19(23)17(15)9-14;1-6-21(2,3)20(24)25-22(4,5)23-10-17-14-7-13-8-15(17)19(12-23)16(9-13)18(14)11-23;1-5-21(3,4)20(23)26-25-12(2)24-22-11-14-7-16-15-6-13(9-18(16)22)10-19(22)17(15)8-14;1-5-21(3,4)20(23)26-25-12(2)24-22-9-17-14-6-13-7-15(17)19(11-22)16(8-13)18(14)10-22;1-5-20(2,3)19(22)23-21(4)12-9-14-13-6-11-7-16(14)18(21)17(8-11)15(13)10-12;;;;;;;;;;/h2*13-19H,6-12H2,1-5H3;2*12-19H,5-11H2,1-4H3;11-18H,5-10H2,1-4H3;10*1H4. The van der Waals surface area contributed by atoms with Gasteiger partial charge in [0.1, 0.15) is 16.8 Å². The van der Waals surface area contributed by atoms with E-state index in [1.807, 2.05) is 96.9 Å². The maximum atomic E-state index is 13.0. The molecule has 35 aliphatic rings. The molecule has 40 bridgehead atoms. The number of carbonyl (C=O) groups is 5. The molecule has 0 aromatic heterocycles. The van der Waals surface area contributed by atoms with Crippen LogP contribution in [-0.4, -0.2) is 70.4 Å². The van der Waals surface area contributed by atoms with Gasteiger partial charge in [-0.25, -0.2) is 9.59 Å². The van der Waals surface area contributed by atoms with E-state index in [1.54, 1.807) is 0 Å². The number of ether oxygens (including phenoxy) is 5. The molecule has 0 aliphatic heterocycles. The van der Waals surface area contributed by atoms with Crippen molar-refractivity contribution in [3.05, 3.63) is 0 Å². The number of esters is 3. The highest BCUT2D eigenvalue weighted by atomic mass is 17.2. The van der Waals surface area contributed by atoms with Crippen LogP contribution in [0.4, 0.5) is 0 Å². The lowest BCUT2D eigenvalue weighted by atomic mass is 9.28. The van der Waals surface area contributed by atoms with Crippen LogP contribution in [0.3, 0.4) is 0 Å². The summed E-state index contributed by atoms with van der Waals surface area (Å²) in [6.45, 7) is 45.2. The summed E-state index contributed by atoms with van der Waals surface area (Å²) >= 11 is 0. The van der Waals surface area contributed by atoms with Crippen LogP contribution in [0.2, 0.25) is 0 Å². The summed E-state index contributed by atoms with van der Waals surface area (Å²) in [4.78, 5) is 84.2. The van der Waals surface area contributed by atoms with E-state index in [1.165, 1.54) is 186 Å². The minimum Gasteiger partial charge on any atom is -0.459 e. The van der Waals surface area contributed by atoms with Gasteiger partial charge in [-0.05, 0) is 543 Å². The van der Waals surface area contributed by atoms with Gasteiger partial charge < -0.3 is 23.7 Å². The fourth-order valence-corrected chi connectivity index (χ4v) is 40.4. The highest BCUT2D eigenvalue weighted by Gasteiger charge is 2.78. The Hall–Kier alpha value is -2.81. The molecule has 0 spiro atoms. The Morgan fingerprint density at radius 2 is 0.548 bits per heavy atom. The summed E-state index contributed by atoms with van der Waals surface area (Å²) in [5.41, 5.74) is -2.40. The molecule has 35 fully saturated rings. The van der Waals surface area contributed by atoms with Crippen molar-refractivity contribution in [1.29, 1.82) is 0 Å². The van der Waals surface area contributed by atoms with E-state index >= 15 is 0 Å². The SMILES string of the molecule is C.C.C.C.C.C.C.C.C.C.CCC(C)(C)C(=O)OC(C)(C)C12CC3C4CC5CC3C(C1)C(C5)C4C2.CCC(C)(C)C(=O)OC(C)(C)C12CC3CC4C5CC(CC41)CC2C5C3.CCC(C)(C)C(=O)OC1(C)C2CC3C4CC5CC3C1C(C5)C4C2.CCC(C)(C)C(=O)OOC(C)OC12CC3C4CC5CC3C(C1)C(C5)C4C2.CCC(C)(C)C(=O)OOC(C)OC12CC3CC4C5CC(CC41)CC2C5C3. The molecule has 35 saturated carbocycles. The second-order valence-corrected chi connectivity index (χ2v) is 54.9. The molecule has 780 valence electrons. The average molecular weight is 1890 g/mol. The fourth-order valence-electron chi connectivity index (χ4n) is 40.4. The molecule has 0 N–H and O–H groups in total. The maximum Gasteiger partial charge on any atom is 0.347 e. The normalized spacial score (nSPS) is 46.7. The van der Waals surface area contributed by atoms with E-state index in [0.29, 0.717) is 23.7 Å². The zero-order valence-corrected chi connectivity index (χ0v) is 82.2. The van der Waals surface area contributed by atoms with Gasteiger partial charge in [0.25, 0.3) is 0 Å². The van der Waals surface area contributed by atoms with Crippen molar-refractivity contribution in [2.75, 3.05) is 0 Å². The van der Waals surface area contributed by atoms with Crippen LogP contribution in [0, 0.1) is 251 Å². The van der Waals surface area contributed by atoms with Crippen molar-refractivity contribution in [2.24, 2.45) is 251 Å². The Bertz CT molecular complexity index is 3950. The molecular weight excluding hydrogens is 1680 g/mol. The van der Waals surface area contributed by atoms with Gasteiger partial charge in [0.05, 0.1) is 38.3 Å². The second kappa shape index (κ2) is 38.2. The van der Waals surface area contributed by atoms with Crippen LogP contribution in [0.5, 0.6) is 0 Å². The summed E-state index contributed by atoms with van der Waals surface area (Å²) in [5, 5.41) is 0. The van der Waals surface area contributed by atoms with Gasteiger partial charge in [-0.1, -0.05) is 109 Å². The van der Waals surface area contributed by atoms with Crippen LogP contribution >= 0.6 is 0 Å². The lowest BCUT2D eigenvalue weighted by molar-refractivity contribution is -0.405. The molecule has 0 radical (unpaired) electrons. The molecule has 35 rings (SSSR count). The van der Waals surface area contributed by atoms with Crippen LogP contribution < -0.4 is 0 Å². The topological polar surface area (TPSA) is 168 Å². The molecule has 15 atom stereocenters. The van der Waals surface area contributed by atoms with E-state index in [2.05, 4.69) is 55.4 Å². The quantitative estimate of drug-likeness (QED) is 0.0311. The summed E-state index contributed by atoms with van der Waals surface area (Å²) in [7, 11) is 0. The Morgan fingerprint density at radius 1 is 0.281 bits per heavy atom. The molecule has 135 heavy (non-hydrogen) atoms. The van der Waals surface area contributed by atoms with E-state index in [0.717, 1.165) is 221 Å². The first kappa shape index (κ1) is 113. The minimum absolute atomic E-state index is 0. The van der Waals surface area contributed by atoms with Gasteiger partial charge >= 0.3 is 29.8 Å². The highest BCUT2D eigenvalue weighted by molar-refractivity contribution is 5.78. The van der Waals surface area contributed by atoms with Crippen LogP contribution in [0.1, 0.15) is 445 Å². The summed E-state index contributed by atoms with van der Waals surface area (Å²) < 4.78 is 32.3. The number of hydrogen-bond donors (Lipinski definition) is 0. The molecule has 0 heterocycles. The third-order valence-electron chi connectivity index (χ3n) is 47.4. The summed E-state index contributed by atoms with van der Waals surface area (Å²) in [5.74, 6) is 32.5. The van der Waals surface area contributed by atoms with E-state index in [9.17, 15) is 24.0 Å². The van der Waals surface area contributed by atoms with Gasteiger partial charge in [-0.15, -0.1) is 0 Å². The first-order valence-electron chi connectivity index (χ1n) is 53.7. The Labute approximate surface area is 828 Å². The molecule has 35 aliphatic carbocycles. The van der Waals surface area contributed by atoms with E-state index in [-0.39, 0.29) is 159 Å². The van der Waals surface area contributed by atoms with Crippen molar-refractivity contribution in [2.45, 2.75) is 485 Å². The highest BCUT2D eigenvalue weighted by Crippen LogP contribution is 2.82. The average Bonchev–Trinajstić information content (AvgIpc) is 0.657. The summed E-state index contributed by atoms with van der Waals surface area (Å²) in [6.07, 6.45) is 43.7. The van der Waals surface area contributed by atoms with Crippen LogP contribution in [0.25, 0.3) is 0 Å².